The second-order valence-corrected chi connectivity index (χ2v) is 5.77. The zero-order valence-electron chi connectivity index (χ0n) is 13.8. The zero-order valence-corrected chi connectivity index (χ0v) is 15.4. The summed E-state index contributed by atoms with van der Waals surface area (Å²) in [6.07, 6.45) is 2.00. The summed E-state index contributed by atoms with van der Waals surface area (Å²) in [7, 11) is 0. The van der Waals surface area contributed by atoms with E-state index in [9.17, 15) is 14.4 Å². The van der Waals surface area contributed by atoms with Crippen LogP contribution in [0.15, 0.2) is 11.3 Å². The van der Waals surface area contributed by atoms with Crippen LogP contribution in [-0.4, -0.2) is 42.9 Å². The van der Waals surface area contributed by atoms with Gasteiger partial charge in [0.2, 0.25) is 0 Å². The van der Waals surface area contributed by atoms with E-state index in [1.807, 2.05) is 0 Å². The number of rotatable bonds is 6. The summed E-state index contributed by atoms with van der Waals surface area (Å²) in [5, 5.41) is 0.584. The normalized spacial score (nSPS) is 17.6. The van der Waals surface area contributed by atoms with E-state index in [0.717, 1.165) is 0 Å². The summed E-state index contributed by atoms with van der Waals surface area (Å²) in [6, 6.07) is 0. The van der Waals surface area contributed by atoms with Crippen LogP contribution in [0.2, 0.25) is 0 Å². The van der Waals surface area contributed by atoms with Crippen LogP contribution in [0.4, 0.5) is 0 Å². The van der Waals surface area contributed by atoms with Crippen molar-refractivity contribution in [3.8, 4) is 0 Å². The maximum Gasteiger partial charge on any atom is 0.337 e. The van der Waals surface area contributed by atoms with Gasteiger partial charge in [0, 0.05) is 6.42 Å². The molecule has 0 spiro atoms. The van der Waals surface area contributed by atoms with Gasteiger partial charge in [-0.05, 0) is 33.6 Å². The van der Waals surface area contributed by atoms with Crippen molar-refractivity contribution < 1.29 is 28.6 Å². The molecule has 6 nitrogen and oxygen atoms in total. The van der Waals surface area contributed by atoms with E-state index < -0.39 is 5.41 Å². The van der Waals surface area contributed by atoms with Gasteiger partial charge in [-0.1, -0.05) is 15.9 Å². The second kappa shape index (κ2) is 9.05. The van der Waals surface area contributed by atoms with Crippen LogP contribution in [-0.2, 0) is 28.6 Å². The fourth-order valence-corrected chi connectivity index (χ4v) is 2.65. The van der Waals surface area contributed by atoms with Crippen molar-refractivity contribution in [3.05, 3.63) is 11.3 Å². The van der Waals surface area contributed by atoms with Crippen LogP contribution in [0.3, 0.4) is 0 Å². The number of hydrogen-bond acceptors (Lipinski definition) is 6. The molecule has 0 saturated heterocycles. The first-order valence-electron chi connectivity index (χ1n) is 7.69. The highest BCUT2D eigenvalue weighted by atomic mass is 79.9. The van der Waals surface area contributed by atoms with E-state index in [0.29, 0.717) is 55.7 Å². The monoisotopic (exact) mass is 390 g/mol. The minimum absolute atomic E-state index is 0.0593. The predicted molar refractivity (Wildman–Crippen MR) is 87.0 cm³/mol. The third kappa shape index (κ3) is 5.06. The molecule has 0 radical (unpaired) electrons. The summed E-state index contributed by atoms with van der Waals surface area (Å²) in [5.41, 5.74) is -0.0653. The molecule has 0 atom stereocenters. The Morgan fingerprint density at radius 2 is 1.78 bits per heavy atom. The number of hydrogen-bond donors (Lipinski definition) is 0. The summed E-state index contributed by atoms with van der Waals surface area (Å²) in [6.45, 7) is 6.35. The highest BCUT2D eigenvalue weighted by molar-refractivity contribution is 9.09. The fraction of sp³-hybridized carbons (Fsp3) is 0.688. The maximum absolute atomic E-state index is 11.2. The van der Waals surface area contributed by atoms with Gasteiger partial charge < -0.3 is 14.2 Å². The van der Waals surface area contributed by atoms with Gasteiger partial charge in [0.15, 0.2) is 0 Å². The first kappa shape index (κ1) is 19.7. The third-order valence-corrected chi connectivity index (χ3v) is 4.21. The SMILES string of the molecule is CCOC(=O)C1(C(C)=O)CC1.CCOC(=O)C1=C(CBr)OCC1. The van der Waals surface area contributed by atoms with Crippen molar-refractivity contribution in [3.63, 3.8) is 0 Å². The third-order valence-electron chi connectivity index (χ3n) is 3.70. The number of ether oxygens (including phenoxy) is 3. The Morgan fingerprint density at radius 3 is 2.22 bits per heavy atom. The lowest BCUT2D eigenvalue weighted by atomic mass is 10.0. The quantitative estimate of drug-likeness (QED) is 0.393. The number of Topliss-reactive ketones (excluding diaryl/α,β-unsaturated/α-hetero) is 1. The van der Waals surface area contributed by atoms with Crippen molar-refractivity contribution in [2.24, 2.45) is 5.41 Å². The first-order valence-corrected chi connectivity index (χ1v) is 8.81. The molecule has 2 rings (SSSR count). The number of carbonyl (C=O) groups excluding carboxylic acids is 3. The van der Waals surface area contributed by atoms with E-state index in [1.165, 1.54) is 6.92 Å². The molecule has 2 aliphatic rings. The van der Waals surface area contributed by atoms with E-state index >= 15 is 0 Å². The summed E-state index contributed by atoms with van der Waals surface area (Å²) < 4.78 is 14.8. The number of carbonyl (C=O) groups is 3. The molecular formula is C16H23BrO6. The van der Waals surface area contributed by atoms with Crippen LogP contribution in [0.25, 0.3) is 0 Å². The van der Waals surface area contributed by atoms with E-state index in [4.69, 9.17) is 14.2 Å². The molecule has 1 aliphatic heterocycles. The van der Waals surface area contributed by atoms with Crippen LogP contribution in [0, 0.1) is 5.41 Å². The number of alkyl halides is 1. The lowest BCUT2D eigenvalue weighted by molar-refractivity contribution is -0.153. The molecular weight excluding hydrogens is 368 g/mol. The standard InChI is InChI=1S/C8H11BrO3.C8H12O3/c1-2-11-8(10)6-3-4-12-7(6)5-9;1-3-11-7(10)8(4-5-8)6(2)9/h2-5H2,1H3;3-5H2,1-2H3. The van der Waals surface area contributed by atoms with Crippen molar-refractivity contribution in [2.75, 3.05) is 25.2 Å². The minimum Gasteiger partial charge on any atom is -0.496 e. The lowest BCUT2D eigenvalue weighted by Crippen LogP contribution is -2.25. The number of ketones is 1. The van der Waals surface area contributed by atoms with Gasteiger partial charge in [-0.15, -0.1) is 0 Å². The Hall–Kier alpha value is -1.37. The fourth-order valence-electron chi connectivity index (χ4n) is 2.15. The largest absolute Gasteiger partial charge is 0.496 e. The molecule has 23 heavy (non-hydrogen) atoms. The number of halogens is 1. The predicted octanol–water partition coefficient (Wildman–Crippen LogP) is 2.54. The zero-order chi connectivity index (χ0) is 17.5. The second-order valence-electron chi connectivity index (χ2n) is 5.21. The molecule has 1 saturated carbocycles. The van der Waals surface area contributed by atoms with Crippen molar-refractivity contribution in [2.45, 2.75) is 40.0 Å². The van der Waals surface area contributed by atoms with Gasteiger partial charge in [-0.2, -0.15) is 0 Å². The van der Waals surface area contributed by atoms with E-state index in [-0.39, 0.29) is 17.7 Å². The molecule has 0 amide bonds. The van der Waals surface area contributed by atoms with Crippen LogP contribution in [0.5, 0.6) is 0 Å². The molecule has 0 unspecified atom stereocenters. The molecule has 0 N–H and O–H groups in total. The molecule has 1 aliphatic carbocycles. The van der Waals surface area contributed by atoms with Crippen LogP contribution >= 0.6 is 15.9 Å². The lowest BCUT2D eigenvalue weighted by Gasteiger charge is -2.08. The Balaban J connectivity index is 0.000000231. The molecule has 0 aromatic heterocycles. The molecule has 7 heteroatoms. The first-order chi connectivity index (χ1) is 10.9. The van der Waals surface area contributed by atoms with Crippen molar-refractivity contribution in [1.29, 1.82) is 0 Å². The average Bonchev–Trinajstić information content (AvgIpc) is 3.20. The van der Waals surface area contributed by atoms with Gasteiger partial charge >= 0.3 is 11.9 Å². The van der Waals surface area contributed by atoms with Gasteiger partial charge in [-0.3, -0.25) is 9.59 Å². The molecule has 0 bridgehead atoms. The molecule has 0 aromatic rings. The highest BCUT2D eigenvalue weighted by Crippen LogP contribution is 2.47. The van der Waals surface area contributed by atoms with Crippen molar-refractivity contribution >= 4 is 33.7 Å². The van der Waals surface area contributed by atoms with Gasteiger partial charge in [0.05, 0.1) is 30.7 Å². The van der Waals surface area contributed by atoms with E-state index in [2.05, 4.69) is 15.9 Å². The Kier molecular flexibility index (Phi) is 7.75. The summed E-state index contributed by atoms with van der Waals surface area (Å²) >= 11 is 3.25. The number of allylic oxidation sites excluding steroid dienone is 1. The molecule has 1 fully saturated rings. The minimum atomic E-state index is -0.740. The van der Waals surface area contributed by atoms with Gasteiger partial charge in [0.25, 0.3) is 0 Å². The molecule has 0 aromatic carbocycles. The summed E-state index contributed by atoms with van der Waals surface area (Å²) in [4.78, 5) is 33.3. The Labute approximate surface area is 144 Å². The van der Waals surface area contributed by atoms with Gasteiger partial charge in [0.1, 0.15) is 17.0 Å². The Morgan fingerprint density at radius 1 is 1.17 bits per heavy atom. The van der Waals surface area contributed by atoms with Crippen LogP contribution < -0.4 is 0 Å². The number of esters is 2. The Bertz CT molecular complexity index is 493. The summed E-state index contributed by atoms with van der Waals surface area (Å²) in [5.74, 6) is 0.0707. The molecule has 130 valence electrons. The van der Waals surface area contributed by atoms with Gasteiger partial charge in [-0.25, -0.2) is 4.79 Å². The van der Waals surface area contributed by atoms with Crippen LogP contribution in [0.1, 0.15) is 40.0 Å². The van der Waals surface area contributed by atoms with E-state index in [1.54, 1.807) is 13.8 Å². The molecule has 1 heterocycles. The topological polar surface area (TPSA) is 78.9 Å². The average molecular weight is 391 g/mol. The smallest absolute Gasteiger partial charge is 0.337 e. The van der Waals surface area contributed by atoms with Crippen molar-refractivity contribution in [1.82, 2.24) is 0 Å². The maximum atomic E-state index is 11.2. The highest BCUT2D eigenvalue weighted by Gasteiger charge is 2.55.